The fourth-order valence-electron chi connectivity index (χ4n) is 1.59. The van der Waals surface area contributed by atoms with Crippen LogP contribution in [-0.4, -0.2) is 24.8 Å². The molecule has 0 atom stereocenters. The number of halogens is 3. The molecular weight excluding hydrogens is 277 g/mol. The number of ether oxygens (including phenoxy) is 1. The van der Waals surface area contributed by atoms with Gasteiger partial charge in [0.25, 0.3) is 0 Å². The minimum Gasteiger partial charge on any atom is -0.487 e. The number of nitrogens with one attached hydrogen (secondary N) is 1. The Labute approximate surface area is 113 Å². The highest BCUT2D eigenvalue weighted by atomic mass is 19.4. The Morgan fingerprint density at radius 2 is 2.10 bits per heavy atom. The first-order chi connectivity index (χ1) is 9.33. The Morgan fingerprint density at radius 1 is 1.40 bits per heavy atom. The van der Waals surface area contributed by atoms with E-state index in [0.717, 1.165) is 5.56 Å². The minimum absolute atomic E-state index is 0.00933. The predicted octanol–water partition coefficient (Wildman–Crippen LogP) is 3.04. The van der Waals surface area contributed by atoms with Crippen LogP contribution >= 0.6 is 0 Å². The maximum atomic E-state index is 12.0. The first-order valence-corrected chi connectivity index (χ1v) is 5.95. The number of hydrogen-bond acceptors (Lipinski definition) is 4. The summed E-state index contributed by atoms with van der Waals surface area (Å²) in [5.41, 5.74) is 0.501. The smallest absolute Gasteiger partial charge is 0.389 e. The van der Waals surface area contributed by atoms with Gasteiger partial charge >= 0.3 is 11.9 Å². The van der Waals surface area contributed by atoms with Crippen molar-refractivity contribution >= 4 is 5.69 Å². The van der Waals surface area contributed by atoms with Crippen molar-refractivity contribution in [3.05, 3.63) is 33.9 Å². The summed E-state index contributed by atoms with van der Waals surface area (Å²) in [6.07, 6.45) is -5.46. The molecule has 5 nitrogen and oxygen atoms in total. The van der Waals surface area contributed by atoms with Crippen molar-refractivity contribution in [2.75, 3.05) is 13.7 Å². The SMILES string of the molecule is CNCc1ccc([N+](=O)[O-])c(OCCCC(F)(F)F)c1. The molecule has 1 N–H and O–H groups in total. The van der Waals surface area contributed by atoms with Crippen molar-refractivity contribution in [1.29, 1.82) is 0 Å². The van der Waals surface area contributed by atoms with E-state index < -0.39 is 17.5 Å². The Kier molecular flexibility index (Phi) is 5.75. The Balaban J connectivity index is 2.70. The van der Waals surface area contributed by atoms with Crippen LogP contribution < -0.4 is 10.1 Å². The van der Waals surface area contributed by atoms with Crippen LogP contribution in [0.4, 0.5) is 18.9 Å². The summed E-state index contributed by atoms with van der Waals surface area (Å²) in [5, 5.41) is 13.7. The van der Waals surface area contributed by atoms with E-state index in [1.165, 1.54) is 12.1 Å². The van der Waals surface area contributed by atoms with Crippen LogP contribution in [0.1, 0.15) is 18.4 Å². The number of alkyl halides is 3. The highest BCUT2D eigenvalue weighted by molar-refractivity contribution is 5.48. The number of nitrogens with zero attached hydrogens (tertiary/aromatic N) is 1. The summed E-state index contributed by atoms with van der Waals surface area (Å²) in [6, 6.07) is 4.31. The lowest BCUT2D eigenvalue weighted by atomic mass is 10.2. The molecule has 1 aromatic rings. The summed E-state index contributed by atoms with van der Waals surface area (Å²) < 4.78 is 41.1. The van der Waals surface area contributed by atoms with E-state index in [-0.39, 0.29) is 24.5 Å². The monoisotopic (exact) mass is 292 g/mol. The molecule has 0 amide bonds. The molecule has 0 fully saturated rings. The van der Waals surface area contributed by atoms with Gasteiger partial charge in [-0.05, 0) is 25.1 Å². The van der Waals surface area contributed by atoms with E-state index in [4.69, 9.17) is 4.74 Å². The molecule has 0 saturated heterocycles. The molecule has 1 rings (SSSR count). The van der Waals surface area contributed by atoms with E-state index >= 15 is 0 Å². The Morgan fingerprint density at radius 3 is 2.65 bits per heavy atom. The lowest BCUT2D eigenvalue weighted by Gasteiger charge is -2.10. The fourth-order valence-corrected chi connectivity index (χ4v) is 1.59. The van der Waals surface area contributed by atoms with Gasteiger partial charge in [0.15, 0.2) is 5.75 Å². The van der Waals surface area contributed by atoms with Gasteiger partial charge in [0.2, 0.25) is 0 Å². The van der Waals surface area contributed by atoms with Crippen molar-refractivity contribution < 1.29 is 22.8 Å². The van der Waals surface area contributed by atoms with E-state index in [9.17, 15) is 23.3 Å². The van der Waals surface area contributed by atoms with Gasteiger partial charge in [-0.3, -0.25) is 10.1 Å². The molecule has 0 bridgehead atoms. The van der Waals surface area contributed by atoms with E-state index in [2.05, 4.69) is 5.32 Å². The molecule has 0 saturated carbocycles. The van der Waals surface area contributed by atoms with Crippen molar-refractivity contribution in [2.45, 2.75) is 25.6 Å². The standard InChI is InChI=1S/C12H15F3N2O3/c1-16-8-9-3-4-10(17(18)19)11(7-9)20-6-2-5-12(13,14)15/h3-4,7,16H,2,5-6,8H2,1H3. The molecule has 8 heteroatoms. The molecule has 0 aliphatic heterocycles. The topological polar surface area (TPSA) is 64.4 Å². The summed E-state index contributed by atoms with van der Waals surface area (Å²) in [7, 11) is 1.71. The summed E-state index contributed by atoms with van der Waals surface area (Å²) in [6.45, 7) is 0.264. The number of nitro benzene ring substituents is 1. The van der Waals surface area contributed by atoms with Gasteiger partial charge in [-0.25, -0.2) is 0 Å². The Hall–Kier alpha value is -1.83. The number of benzene rings is 1. The largest absolute Gasteiger partial charge is 0.487 e. The zero-order chi connectivity index (χ0) is 15.2. The van der Waals surface area contributed by atoms with Crippen LogP contribution in [0.15, 0.2) is 18.2 Å². The maximum absolute atomic E-state index is 12.0. The third-order valence-corrected chi connectivity index (χ3v) is 2.46. The highest BCUT2D eigenvalue weighted by Gasteiger charge is 2.26. The van der Waals surface area contributed by atoms with Crippen LogP contribution in [0, 0.1) is 10.1 Å². The van der Waals surface area contributed by atoms with E-state index in [1.807, 2.05) is 0 Å². The maximum Gasteiger partial charge on any atom is 0.389 e. The molecule has 0 aliphatic carbocycles. The summed E-state index contributed by atoms with van der Waals surface area (Å²) >= 11 is 0. The van der Waals surface area contributed by atoms with Gasteiger partial charge in [0.1, 0.15) is 0 Å². The average molecular weight is 292 g/mol. The number of nitro groups is 1. The number of hydrogen-bond donors (Lipinski definition) is 1. The second-order valence-corrected chi connectivity index (χ2v) is 4.16. The van der Waals surface area contributed by atoms with Crippen molar-refractivity contribution in [1.82, 2.24) is 5.32 Å². The highest BCUT2D eigenvalue weighted by Crippen LogP contribution is 2.29. The van der Waals surface area contributed by atoms with E-state index in [1.54, 1.807) is 13.1 Å². The molecule has 112 valence electrons. The molecule has 0 radical (unpaired) electrons. The van der Waals surface area contributed by atoms with Crippen LogP contribution in [0.25, 0.3) is 0 Å². The first-order valence-electron chi connectivity index (χ1n) is 5.95. The summed E-state index contributed by atoms with van der Waals surface area (Å²) in [4.78, 5) is 10.2. The molecule has 0 aliphatic rings. The van der Waals surface area contributed by atoms with Gasteiger partial charge in [-0.1, -0.05) is 6.07 Å². The van der Waals surface area contributed by atoms with Crippen molar-refractivity contribution in [3.63, 3.8) is 0 Å². The van der Waals surface area contributed by atoms with Crippen LogP contribution in [0.3, 0.4) is 0 Å². The van der Waals surface area contributed by atoms with Gasteiger partial charge in [-0.2, -0.15) is 13.2 Å². The second-order valence-electron chi connectivity index (χ2n) is 4.16. The molecule has 1 aromatic carbocycles. The van der Waals surface area contributed by atoms with Crippen LogP contribution in [0.2, 0.25) is 0 Å². The van der Waals surface area contributed by atoms with Gasteiger partial charge in [0.05, 0.1) is 11.5 Å². The van der Waals surface area contributed by atoms with Crippen molar-refractivity contribution in [2.24, 2.45) is 0 Å². The lowest BCUT2D eigenvalue weighted by Crippen LogP contribution is -2.10. The van der Waals surface area contributed by atoms with E-state index in [0.29, 0.717) is 6.54 Å². The molecule has 0 aromatic heterocycles. The molecule has 0 heterocycles. The molecule has 0 unspecified atom stereocenters. The third kappa shape index (κ3) is 5.43. The normalized spacial score (nSPS) is 11.4. The van der Waals surface area contributed by atoms with Crippen LogP contribution in [-0.2, 0) is 6.54 Å². The predicted molar refractivity (Wildman–Crippen MR) is 66.6 cm³/mol. The third-order valence-electron chi connectivity index (χ3n) is 2.46. The lowest BCUT2D eigenvalue weighted by molar-refractivity contribution is -0.385. The number of rotatable bonds is 7. The Bertz CT molecular complexity index is 464. The first kappa shape index (κ1) is 16.2. The van der Waals surface area contributed by atoms with Crippen LogP contribution in [0.5, 0.6) is 5.75 Å². The fraction of sp³-hybridized carbons (Fsp3) is 0.500. The zero-order valence-corrected chi connectivity index (χ0v) is 10.9. The second kappa shape index (κ2) is 7.09. The van der Waals surface area contributed by atoms with Gasteiger partial charge < -0.3 is 10.1 Å². The molecule has 20 heavy (non-hydrogen) atoms. The molecular formula is C12H15F3N2O3. The average Bonchev–Trinajstić information content (AvgIpc) is 2.34. The zero-order valence-electron chi connectivity index (χ0n) is 10.9. The summed E-state index contributed by atoms with van der Waals surface area (Å²) in [5.74, 6) is -0.00933. The molecule has 0 spiro atoms. The van der Waals surface area contributed by atoms with Gasteiger partial charge in [0, 0.05) is 19.0 Å². The van der Waals surface area contributed by atoms with Gasteiger partial charge in [-0.15, -0.1) is 0 Å². The quantitative estimate of drug-likeness (QED) is 0.476. The minimum atomic E-state index is -4.25. The van der Waals surface area contributed by atoms with Crippen molar-refractivity contribution in [3.8, 4) is 5.75 Å².